The highest BCUT2D eigenvalue weighted by Gasteiger charge is 2.17. The molecule has 0 atom stereocenters. The van der Waals surface area contributed by atoms with Crippen LogP contribution < -0.4 is 0 Å². The number of halogens is 1. The Hall–Kier alpha value is -5.48. The molecule has 0 spiro atoms. The molecule has 8 rings (SSSR count). The summed E-state index contributed by atoms with van der Waals surface area (Å²) in [7, 11) is 0. The molecule has 0 aliphatic heterocycles. The predicted molar refractivity (Wildman–Crippen MR) is 165 cm³/mol. The van der Waals surface area contributed by atoms with Crippen LogP contribution in [-0.4, -0.2) is 15.0 Å². The molecule has 3 nitrogen and oxygen atoms in total. The van der Waals surface area contributed by atoms with Crippen LogP contribution in [0.4, 0.5) is 4.39 Å². The quantitative estimate of drug-likeness (QED) is 0.214. The SMILES string of the molecule is Fc1ccc(-c2nc(-c3ccccc3-c3cccnc3)cc(-c3ccc4ccc5cccc6ccc3c4c56)n2)cc1. The Labute approximate surface area is 236 Å². The van der Waals surface area contributed by atoms with Crippen LogP contribution in [0.1, 0.15) is 0 Å². The van der Waals surface area contributed by atoms with Gasteiger partial charge in [-0.15, -0.1) is 0 Å². The van der Waals surface area contributed by atoms with Gasteiger partial charge in [0.05, 0.1) is 11.4 Å². The molecule has 0 aliphatic rings. The first-order valence-electron chi connectivity index (χ1n) is 13.5. The van der Waals surface area contributed by atoms with E-state index in [1.54, 1.807) is 18.3 Å². The van der Waals surface area contributed by atoms with E-state index in [2.05, 4.69) is 83.8 Å². The zero-order chi connectivity index (χ0) is 27.3. The Balaban J connectivity index is 1.42. The number of hydrogen-bond donors (Lipinski definition) is 0. The standard InChI is InChI=1S/C37H22FN3/c38-28-16-12-26(13-17-28)37-40-33(30-9-2-1-8-29(30)27-7-4-20-39-22-27)21-34(41-37)31-18-14-25-11-10-23-5-3-6-24-15-19-32(31)36(25)35(23)24/h1-22H. The number of aromatic nitrogens is 3. The van der Waals surface area contributed by atoms with E-state index in [4.69, 9.17) is 9.97 Å². The van der Waals surface area contributed by atoms with E-state index in [1.165, 1.54) is 39.1 Å². The molecule has 0 N–H and O–H groups in total. The van der Waals surface area contributed by atoms with E-state index in [0.717, 1.165) is 44.6 Å². The molecule has 0 saturated heterocycles. The first-order valence-corrected chi connectivity index (χ1v) is 13.5. The maximum Gasteiger partial charge on any atom is 0.160 e. The van der Waals surface area contributed by atoms with E-state index >= 15 is 0 Å². The second-order valence-electron chi connectivity index (χ2n) is 10.2. The van der Waals surface area contributed by atoms with Crippen molar-refractivity contribution in [2.45, 2.75) is 0 Å². The highest BCUT2D eigenvalue weighted by atomic mass is 19.1. The number of pyridine rings is 1. The van der Waals surface area contributed by atoms with Gasteiger partial charge < -0.3 is 0 Å². The number of benzene rings is 6. The Kier molecular flexibility index (Phi) is 5.32. The van der Waals surface area contributed by atoms with Crippen LogP contribution in [0.15, 0.2) is 134 Å². The lowest BCUT2D eigenvalue weighted by Crippen LogP contribution is -1.98. The lowest BCUT2D eigenvalue weighted by atomic mass is 9.90. The van der Waals surface area contributed by atoms with E-state index in [9.17, 15) is 4.39 Å². The van der Waals surface area contributed by atoms with Gasteiger partial charge in [0.1, 0.15) is 5.82 Å². The molecule has 0 unspecified atom stereocenters. The lowest BCUT2D eigenvalue weighted by molar-refractivity contribution is 0.628. The van der Waals surface area contributed by atoms with E-state index < -0.39 is 0 Å². The van der Waals surface area contributed by atoms with Gasteiger partial charge in [0, 0.05) is 34.6 Å². The molecule has 192 valence electrons. The summed E-state index contributed by atoms with van der Waals surface area (Å²) in [5.74, 6) is 0.253. The van der Waals surface area contributed by atoms with Crippen molar-refractivity contribution in [1.29, 1.82) is 0 Å². The van der Waals surface area contributed by atoms with Crippen molar-refractivity contribution in [1.82, 2.24) is 15.0 Å². The van der Waals surface area contributed by atoms with E-state index in [-0.39, 0.29) is 5.82 Å². The Bertz CT molecular complexity index is 2190. The maximum absolute atomic E-state index is 13.9. The maximum atomic E-state index is 13.9. The second kappa shape index (κ2) is 9.32. The Morgan fingerprint density at radius 2 is 1.17 bits per heavy atom. The fraction of sp³-hybridized carbons (Fsp3) is 0. The van der Waals surface area contributed by atoms with Gasteiger partial charge in [-0.05, 0) is 74.3 Å². The molecule has 0 fully saturated rings. The number of rotatable bonds is 4. The minimum absolute atomic E-state index is 0.293. The minimum Gasteiger partial charge on any atom is -0.264 e. The monoisotopic (exact) mass is 527 g/mol. The van der Waals surface area contributed by atoms with Crippen LogP contribution in [0.2, 0.25) is 0 Å². The van der Waals surface area contributed by atoms with Crippen molar-refractivity contribution in [3.8, 4) is 45.0 Å². The topological polar surface area (TPSA) is 38.7 Å². The average molecular weight is 528 g/mol. The van der Waals surface area contributed by atoms with Gasteiger partial charge >= 0.3 is 0 Å². The van der Waals surface area contributed by atoms with Gasteiger partial charge in [-0.2, -0.15) is 0 Å². The summed E-state index contributed by atoms with van der Waals surface area (Å²) in [4.78, 5) is 14.4. The first-order chi connectivity index (χ1) is 20.2. The van der Waals surface area contributed by atoms with Crippen molar-refractivity contribution in [2.24, 2.45) is 0 Å². The molecule has 41 heavy (non-hydrogen) atoms. The zero-order valence-corrected chi connectivity index (χ0v) is 21.9. The van der Waals surface area contributed by atoms with Gasteiger partial charge in [0.15, 0.2) is 5.82 Å². The zero-order valence-electron chi connectivity index (χ0n) is 21.9. The van der Waals surface area contributed by atoms with Crippen LogP contribution in [0.3, 0.4) is 0 Å². The lowest BCUT2D eigenvalue weighted by Gasteiger charge is -2.16. The summed E-state index contributed by atoms with van der Waals surface area (Å²) < 4.78 is 13.9. The van der Waals surface area contributed by atoms with Crippen molar-refractivity contribution in [3.63, 3.8) is 0 Å². The molecule has 0 amide bonds. The van der Waals surface area contributed by atoms with Gasteiger partial charge in [0.25, 0.3) is 0 Å². The van der Waals surface area contributed by atoms with E-state index in [1.807, 2.05) is 24.4 Å². The molecule has 0 radical (unpaired) electrons. The van der Waals surface area contributed by atoms with Gasteiger partial charge in [0.2, 0.25) is 0 Å². The van der Waals surface area contributed by atoms with Crippen LogP contribution in [0.25, 0.3) is 77.3 Å². The third kappa shape index (κ3) is 3.92. The molecule has 4 heteroatoms. The Morgan fingerprint density at radius 1 is 0.488 bits per heavy atom. The molecule has 2 heterocycles. The number of hydrogen-bond acceptors (Lipinski definition) is 3. The third-order valence-corrected chi connectivity index (χ3v) is 7.81. The Morgan fingerprint density at radius 3 is 1.93 bits per heavy atom. The summed E-state index contributed by atoms with van der Waals surface area (Å²) in [6.45, 7) is 0. The number of nitrogens with zero attached hydrogens (tertiary/aromatic N) is 3. The summed E-state index contributed by atoms with van der Waals surface area (Å²) in [5.41, 5.74) is 6.41. The normalized spacial score (nSPS) is 11.5. The molecule has 0 bridgehead atoms. The molecule has 2 aromatic heterocycles. The van der Waals surface area contributed by atoms with Crippen molar-refractivity contribution in [3.05, 3.63) is 140 Å². The molecular formula is C37H22FN3. The highest BCUT2D eigenvalue weighted by Crippen LogP contribution is 2.40. The molecule has 8 aromatic rings. The van der Waals surface area contributed by atoms with Gasteiger partial charge in [-0.3, -0.25) is 4.98 Å². The summed E-state index contributed by atoms with van der Waals surface area (Å²) >= 11 is 0. The van der Waals surface area contributed by atoms with Crippen LogP contribution in [-0.2, 0) is 0 Å². The van der Waals surface area contributed by atoms with Gasteiger partial charge in [-0.1, -0.05) is 84.9 Å². The predicted octanol–water partition coefficient (Wildman–Crippen LogP) is 9.58. The van der Waals surface area contributed by atoms with Crippen LogP contribution in [0, 0.1) is 5.82 Å². The molecule has 0 saturated carbocycles. The molecule has 6 aromatic carbocycles. The summed E-state index contributed by atoms with van der Waals surface area (Å²) in [6, 6.07) is 40.1. The van der Waals surface area contributed by atoms with Crippen molar-refractivity contribution >= 4 is 32.3 Å². The van der Waals surface area contributed by atoms with Crippen molar-refractivity contribution < 1.29 is 4.39 Å². The van der Waals surface area contributed by atoms with Crippen molar-refractivity contribution in [2.75, 3.05) is 0 Å². The van der Waals surface area contributed by atoms with Crippen LogP contribution >= 0.6 is 0 Å². The minimum atomic E-state index is -0.293. The van der Waals surface area contributed by atoms with Gasteiger partial charge in [-0.25, -0.2) is 14.4 Å². The smallest absolute Gasteiger partial charge is 0.160 e. The second-order valence-corrected chi connectivity index (χ2v) is 10.2. The largest absolute Gasteiger partial charge is 0.264 e. The fourth-order valence-electron chi connectivity index (χ4n) is 5.89. The first kappa shape index (κ1) is 23.4. The highest BCUT2D eigenvalue weighted by molar-refractivity contribution is 6.25. The summed E-state index contributed by atoms with van der Waals surface area (Å²) in [6.07, 6.45) is 3.64. The molecule has 0 aliphatic carbocycles. The average Bonchev–Trinajstić information content (AvgIpc) is 3.04. The molecular weight excluding hydrogens is 505 g/mol. The van der Waals surface area contributed by atoms with E-state index in [0.29, 0.717) is 5.82 Å². The fourth-order valence-corrected chi connectivity index (χ4v) is 5.89. The van der Waals surface area contributed by atoms with Crippen LogP contribution in [0.5, 0.6) is 0 Å². The third-order valence-electron chi connectivity index (χ3n) is 7.81. The summed E-state index contributed by atoms with van der Waals surface area (Å²) in [5, 5.41) is 7.28.